The van der Waals surface area contributed by atoms with Crippen LogP contribution in [0.4, 0.5) is 4.39 Å². The minimum atomic E-state index is -0.413. The Kier molecular flexibility index (Phi) is 4.91. The van der Waals surface area contributed by atoms with Crippen LogP contribution in [-0.2, 0) is 6.42 Å². The summed E-state index contributed by atoms with van der Waals surface area (Å²) in [5.41, 5.74) is 4.59. The van der Waals surface area contributed by atoms with E-state index in [2.05, 4.69) is 31.0 Å². The molecule has 35 heavy (non-hydrogen) atoms. The molecule has 0 bridgehead atoms. The summed E-state index contributed by atoms with van der Waals surface area (Å²) in [6.45, 7) is 5.66. The molecule has 0 aliphatic rings. The second-order valence-electron chi connectivity index (χ2n) is 8.41. The van der Waals surface area contributed by atoms with Crippen LogP contribution in [0.1, 0.15) is 24.4 Å². The lowest BCUT2D eigenvalue weighted by atomic mass is 9.96. The number of fused-ring (bicyclic) bond motifs is 3. The molecule has 6 rings (SSSR count). The minimum absolute atomic E-state index is 0.328. The number of halogens is 1. The molecule has 0 amide bonds. The quantitative estimate of drug-likeness (QED) is 0.325. The van der Waals surface area contributed by atoms with Gasteiger partial charge in [-0.15, -0.1) is 0 Å². The van der Waals surface area contributed by atoms with E-state index in [1.54, 1.807) is 13.1 Å². The van der Waals surface area contributed by atoms with Gasteiger partial charge in [-0.2, -0.15) is 0 Å². The largest absolute Gasteiger partial charge is 0.241 e. The average molecular weight is 460 g/mol. The van der Waals surface area contributed by atoms with Gasteiger partial charge in [-0.1, -0.05) is 31.2 Å². The third-order valence-electron chi connectivity index (χ3n) is 6.06. The number of aromatic nitrogens is 6. The zero-order chi connectivity index (χ0) is 24.1. The maximum absolute atomic E-state index is 15.5. The van der Waals surface area contributed by atoms with Crippen molar-refractivity contribution >= 4 is 32.7 Å². The monoisotopic (exact) mass is 459 g/mol. The fourth-order valence-electron chi connectivity index (χ4n) is 4.43. The minimum Gasteiger partial charge on any atom is -0.241 e. The molecule has 0 unspecified atom stereocenters. The Morgan fingerprint density at radius 1 is 0.771 bits per heavy atom. The molecule has 0 atom stereocenters. The third kappa shape index (κ3) is 3.56. The van der Waals surface area contributed by atoms with E-state index in [0.717, 1.165) is 39.6 Å². The van der Waals surface area contributed by atoms with Crippen LogP contribution in [0.2, 0.25) is 0 Å². The van der Waals surface area contributed by atoms with Crippen molar-refractivity contribution in [3.05, 3.63) is 84.2 Å². The van der Waals surface area contributed by atoms with Crippen molar-refractivity contribution in [3.63, 3.8) is 0 Å². The highest BCUT2D eigenvalue weighted by atomic mass is 19.1. The van der Waals surface area contributed by atoms with Gasteiger partial charge >= 0.3 is 0 Å². The number of benzene rings is 3. The molecule has 3 heterocycles. The molecule has 6 aromatic rings. The lowest BCUT2D eigenvalue weighted by molar-refractivity contribution is 0.632. The lowest BCUT2D eigenvalue weighted by Crippen LogP contribution is -1.99. The van der Waals surface area contributed by atoms with Crippen molar-refractivity contribution < 1.29 is 4.39 Å². The molecule has 0 saturated heterocycles. The van der Waals surface area contributed by atoms with Gasteiger partial charge in [-0.05, 0) is 31.5 Å². The Labute approximate surface area is 201 Å². The van der Waals surface area contributed by atoms with Gasteiger partial charge in [0.05, 0.1) is 22.2 Å². The molecule has 0 aliphatic carbocycles. The maximum atomic E-state index is 15.5. The zero-order valence-corrected chi connectivity index (χ0v) is 19.5. The van der Waals surface area contributed by atoms with E-state index in [4.69, 9.17) is 4.98 Å². The highest BCUT2D eigenvalue weighted by Gasteiger charge is 2.18. The molecule has 1 radical (unpaired) electrons. The van der Waals surface area contributed by atoms with Gasteiger partial charge in [0.1, 0.15) is 23.3 Å². The summed E-state index contributed by atoms with van der Waals surface area (Å²) in [6, 6.07) is 16.2. The van der Waals surface area contributed by atoms with Gasteiger partial charge in [-0.25, -0.2) is 34.3 Å². The van der Waals surface area contributed by atoms with Crippen LogP contribution >= 0.6 is 0 Å². The number of hydrogen-bond acceptors (Lipinski definition) is 6. The van der Waals surface area contributed by atoms with E-state index in [1.165, 1.54) is 6.07 Å². The molecule has 3 aromatic carbocycles. The summed E-state index contributed by atoms with van der Waals surface area (Å²) in [5.74, 6) is 1.57. The van der Waals surface area contributed by atoms with Crippen LogP contribution in [0, 0.1) is 25.7 Å². The fourth-order valence-corrected chi connectivity index (χ4v) is 4.43. The number of aryl methyl sites for hydroxylation is 3. The van der Waals surface area contributed by atoms with Crippen molar-refractivity contribution in [1.82, 2.24) is 29.9 Å². The van der Waals surface area contributed by atoms with Gasteiger partial charge in [0.15, 0.2) is 0 Å². The molecular formula is C28H20FN6. The van der Waals surface area contributed by atoms with Crippen LogP contribution in [0.3, 0.4) is 0 Å². The molecule has 169 valence electrons. The predicted molar refractivity (Wildman–Crippen MR) is 134 cm³/mol. The Morgan fingerprint density at radius 3 is 2.26 bits per heavy atom. The van der Waals surface area contributed by atoms with Crippen LogP contribution in [0.25, 0.3) is 55.1 Å². The molecule has 6 nitrogen and oxygen atoms in total. The van der Waals surface area contributed by atoms with Gasteiger partial charge in [0, 0.05) is 58.2 Å². The van der Waals surface area contributed by atoms with Crippen LogP contribution < -0.4 is 0 Å². The van der Waals surface area contributed by atoms with Crippen LogP contribution in [0.5, 0.6) is 0 Å². The smallest absolute Gasteiger partial charge is 0.133 e. The van der Waals surface area contributed by atoms with E-state index in [0.29, 0.717) is 39.4 Å². The first-order chi connectivity index (χ1) is 17.0. The molecule has 0 saturated carbocycles. The van der Waals surface area contributed by atoms with Gasteiger partial charge in [0.2, 0.25) is 0 Å². The lowest BCUT2D eigenvalue weighted by Gasteiger charge is -2.13. The van der Waals surface area contributed by atoms with Gasteiger partial charge in [-0.3, -0.25) is 0 Å². The Balaban J connectivity index is 1.65. The molecular weight excluding hydrogens is 439 g/mol. The second kappa shape index (κ2) is 8.13. The van der Waals surface area contributed by atoms with Crippen molar-refractivity contribution in [2.45, 2.75) is 27.2 Å². The highest BCUT2D eigenvalue weighted by Crippen LogP contribution is 2.36. The van der Waals surface area contributed by atoms with Gasteiger partial charge < -0.3 is 0 Å². The summed E-state index contributed by atoms with van der Waals surface area (Å²) in [6.07, 6.45) is 4.30. The third-order valence-corrected chi connectivity index (χ3v) is 6.06. The van der Waals surface area contributed by atoms with Gasteiger partial charge in [0.25, 0.3) is 0 Å². The van der Waals surface area contributed by atoms with Crippen molar-refractivity contribution in [2.75, 3.05) is 0 Å². The summed E-state index contributed by atoms with van der Waals surface area (Å²) >= 11 is 0. The number of hydrogen-bond donors (Lipinski definition) is 0. The summed E-state index contributed by atoms with van der Waals surface area (Å²) in [7, 11) is 0. The van der Waals surface area contributed by atoms with E-state index < -0.39 is 5.82 Å². The first-order valence-corrected chi connectivity index (χ1v) is 11.4. The second-order valence-corrected chi connectivity index (χ2v) is 8.41. The normalized spacial score (nSPS) is 11.5. The first-order valence-electron chi connectivity index (χ1n) is 11.4. The molecule has 7 heteroatoms. The highest BCUT2D eigenvalue weighted by molar-refractivity contribution is 6.04. The van der Waals surface area contributed by atoms with Crippen LogP contribution in [-0.4, -0.2) is 29.9 Å². The van der Waals surface area contributed by atoms with Crippen LogP contribution in [0.15, 0.2) is 54.9 Å². The summed E-state index contributed by atoms with van der Waals surface area (Å²) in [4.78, 5) is 27.2. The molecule has 0 spiro atoms. The zero-order valence-electron chi connectivity index (χ0n) is 19.5. The fraction of sp³-hybridized carbons (Fsp3) is 0.143. The van der Waals surface area contributed by atoms with E-state index in [9.17, 15) is 0 Å². The van der Waals surface area contributed by atoms with Crippen molar-refractivity contribution in [3.8, 4) is 22.4 Å². The van der Waals surface area contributed by atoms with E-state index >= 15 is 4.39 Å². The number of rotatable bonds is 3. The molecule has 0 aliphatic heterocycles. The summed E-state index contributed by atoms with van der Waals surface area (Å²) < 4.78 is 15.5. The topological polar surface area (TPSA) is 77.3 Å². The van der Waals surface area contributed by atoms with Crippen molar-refractivity contribution in [1.29, 1.82) is 0 Å². The van der Waals surface area contributed by atoms with E-state index in [-0.39, 0.29) is 0 Å². The first kappa shape index (κ1) is 21.2. The Bertz CT molecular complexity index is 1780. The maximum Gasteiger partial charge on any atom is 0.133 e. The average Bonchev–Trinajstić information content (AvgIpc) is 2.86. The summed E-state index contributed by atoms with van der Waals surface area (Å²) in [5, 5.41) is 2.26. The Morgan fingerprint density at radius 2 is 1.46 bits per heavy atom. The SMILES string of the molecule is CCc1ncc2c(-c3nc(C)nc4cc(F)c(-c5cccc6nc(C)ncc56)[c]c34)cccc2n1. The van der Waals surface area contributed by atoms with Crippen molar-refractivity contribution in [2.24, 2.45) is 0 Å². The number of nitrogens with zero attached hydrogens (tertiary/aromatic N) is 6. The molecule has 0 fully saturated rings. The van der Waals surface area contributed by atoms with E-state index in [1.807, 2.05) is 56.4 Å². The Hall–Kier alpha value is -4.39. The predicted octanol–water partition coefficient (Wildman–Crippen LogP) is 5.97. The molecule has 0 N–H and O–H groups in total. The molecule has 3 aromatic heterocycles. The standard InChI is InChI=1S/C28H20FN6/c1-4-27-31-14-22-18(8-6-10-25(22)35-27)28-20-11-19(23(29)12-26(20)33-16(3)34-28)17-7-5-9-24-21(17)13-30-15(2)32-24/h5-10,12-14H,4H2,1-3H3.